The highest BCUT2D eigenvalue weighted by atomic mass is 79.9. The number of phenolic OH excluding ortho intramolecular Hbond substituents is 2. The molecule has 0 unspecified atom stereocenters. The van der Waals surface area contributed by atoms with E-state index >= 15 is 0 Å². The van der Waals surface area contributed by atoms with E-state index in [2.05, 4.69) is 21.1 Å². The Morgan fingerprint density at radius 1 is 1.14 bits per heavy atom. The summed E-state index contributed by atoms with van der Waals surface area (Å²) >= 11 is 3.16. The van der Waals surface area contributed by atoms with E-state index in [1.54, 1.807) is 12.1 Å². The normalized spacial score (nSPS) is 11.2. The van der Waals surface area contributed by atoms with Gasteiger partial charge in [-0.15, -0.1) is 0 Å². The predicted octanol–water partition coefficient (Wildman–Crippen LogP) is 2.87. The van der Waals surface area contributed by atoms with Gasteiger partial charge in [0.1, 0.15) is 18.1 Å². The van der Waals surface area contributed by atoms with Gasteiger partial charge in [-0.3, -0.25) is 0 Å². The second-order valence-corrected chi connectivity index (χ2v) is 5.21. The van der Waals surface area contributed by atoms with E-state index in [0.29, 0.717) is 15.6 Å². The van der Waals surface area contributed by atoms with Crippen LogP contribution in [-0.2, 0) is 16.2 Å². The molecule has 114 valence electrons. The van der Waals surface area contributed by atoms with E-state index in [4.69, 9.17) is 9.94 Å². The molecule has 0 spiro atoms. The Morgan fingerprint density at radius 2 is 1.82 bits per heavy atom. The van der Waals surface area contributed by atoms with Crippen molar-refractivity contribution in [1.82, 2.24) is 0 Å². The van der Waals surface area contributed by atoms with Gasteiger partial charge in [-0.1, -0.05) is 11.2 Å². The van der Waals surface area contributed by atoms with E-state index < -0.39 is 5.97 Å². The Balaban J connectivity index is 2.12. The number of halogens is 1. The molecule has 0 fully saturated rings. The van der Waals surface area contributed by atoms with E-state index in [0.717, 1.165) is 0 Å². The Bertz CT molecular complexity index is 712. The Morgan fingerprint density at radius 3 is 2.41 bits per heavy atom. The molecule has 3 N–H and O–H groups in total. The van der Waals surface area contributed by atoms with Gasteiger partial charge >= 0.3 is 5.97 Å². The molecule has 2 rings (SSSR count). The molecule has 2 aromatic rings. The zero-order chi connectivity index (χ0) is 16.1. The number of carbonyl (C=O) groups is 1. The molecule has 6 nitrogen and oxygen atoms in total. The first-order chi connectivity index (χ1) is 10.5. The van der Waals surface area contributed by atoms with Gasteiger partial charge in [0.05, 0.1) is 4.47 Å². The van der Waals surface area contributed by atoms with Crippen molar-refractivity contribution in [2.75, 3.05) is 0 Å². The van der Waals surface area contributed by atoms with Crippen LogP contribution in [0.1, 0.15) is 11.1 Å². The maximum Gasteiger partial charge on any atom is 0.358 e. The monoisotopic (exact) mass is 365 g/mol. The highest BCUT2D eigenvalue weighted by Gasteiger charge is 2.13. The summed E-state index contributed by atoms with van der Waals surface area (Å²) in [5, 5.41) is 31.5. The first kappa shape index (κ1) is 15.8. The van der Waals surface area contributed by atoms with Crippen LogP contribution in [0.5, 0.6) is 11.5 Å². The average Bonchev–Trinajstić information content (AvgIpc) is 2.48. The third-order valence-electron chi connectivity index (χ3n) is 2.74. The SMILES string of the molecule is O=C(O)/C(=N/OCc1ccc(Br)c(O)c1)c1ccc(O)cc1. The van der Waals surface area contributed by atoms with Crippen molar-refractivity contribution in [2.45, 2.75) is 6.61 Å². The summed E-state index contributed by atoms with van der Waals surface area (Å²) in [4.78, 5) is 16.2. The largest absolute Gasteiger partial charge is 0.508 e. The van der Waals surface area contributed by atoms with Crippen LogP contribution in [-0.4, -0.2) is 27.0 Å². The van der Waals surface area contributed by atoms with Crippen molar-refractivity contribution in [1.29, 1.82) is 0 Å². The van der Waals surface area contributed by atoms with Crippen LogP contribution in [0.3, 0.4) is 0 Å². The van der Waals surface area contributed by atoms with Gasteiger partial charge in [-0.2, -0.15) is 0 Å². The molecule has 0 amide bonds. The zero-order valence-corrected chi connectivity index (χ0v) is 12.8. The van der Waals surface area contributed by atoms with Gasteiger partial charge in [0, 0.05) is 5.56 Å². The fourth-order valence-electron chi connectivity index (χ4n) is 1.65. The van der Waals surface area contributed by atoms with Gasteiger partial charge in [-0.05, 0) is 57.9 Å². The molecule has 0 saturated carbocycles. The highest BCUT2D eigenvalue weighted by molar-refractivity contribution is 9.10. The van der Waals surface area contributed by atoms with Crippen LogP contribution >= 0.6 is 15.9 Å². The standard InChI is InChI=1S/C15H12BrNO5/c16-12-6-1-9(7-13(12)19)8-22-17-14(15(20)21)10-2-4-11(18)5-3-10/h1-7,18-19H,8H2,(H,20,21)/b17-14+. The maximum atomic E-state index is 11.2. The molecule has 0 saturated heterocycles. The van der Waals surface area contributed by atoms with Crippen molar-refractivity contribution in [2.24, 2.45) is 5.16 Å². The number of benzene rings is 2. The summed E-state index contributed by atoms with van der Waals surface area (Å²) < 4.78 is 0.551. The van der Waals surface area contributed by atoms with Gasteiger partial charge < -0.3 is 20.2 Å². The van der Waals surface area contributed by atoms with Crippen LogP contribution in [0.25, 0.3) is 0 Å². The molecule has 0 radical (unpaired) electrons. The van der Waals surface area contributed by atoms with E-state index in [-0.39, 0.29) is 23.8 Å². The van der Waals surface area contributed by atoms with Gasteiger partial charge in [0.25, 0.3) is 0 Å². The molecular formula is C15H12BrNO5. The molecule has 0 aliphatic rings. The number of phenols is 2. The number of carboxylic acids is 1. The molecule has 0 heterocycles. The predicted molar refractivity (Wildman–Crippen MR) is 82.9 cm³/mol. The van der Waals surface area contributed by atoms with Crippen molar-refractivity contribution in [3.8, 4) is 11.5 Å². The smallest absolute Gasteiger partial charge is 0.358 e. The highest BCUT2D eigenvalue weighted by Crippen LogP contribution is 2.24. The second-order valence-electron chi connectivity index (χ2n) is 4.35. The Labute approximate surface area is 134 Å². The zero-order valence-electron chi connectivity index (χ0n) is 11.2. The summed E-state index contributed by atoms with van der Waals surface area (Å²) in [7, 11) is 0. The fraction of sp³-hybridized carbons (Fsp3) is 0.0667. The lowest BCUT2D eigenvalue weighted by Crippen LogP contribution is -2.15. The minimum atomic E-state index is -1.25. The Kier molecular flexibility index (Phi) is 5.00. The topological polar surface area (TPSA) is 99.4 Å². The summed E-state index contributed by atoms with van der Waals surface area (Å²) in [6.07, 6.45) is 0. The lowest BCUT2D eigenvalue weighted by molar-refractivity contribution is -0.129. The molecule has 0 aliphatic carbocycles. The van der Waals surface area contributed by atoms with Crippen LogP contribution in [0.15, 0.2) is 52.1 Å². The number of nitrogens with zero attached hydrogens (tertiary/aromatic N) is 1. The third-order valence-corrected chi connectivity index (χ3v) is 3.41. The van der Waals surface area contributed by atoms with E-state index in [1.165, 1.54) is 30.3 Å². The van der Waals surface area contributed by atoms with Crippen LogP contribution in [0, 0.1) is 0 Å². The number of rotatable bonds is 5. The number of aromatic hydroxyl groups is 2. The number of hydrogen-bond acceptors (Lipinski definition) is 5. The first-order valence-electron chi connectivity index (χ1n) is 6.17. The van der Waals surface area contributed by atoms with Crippen LogP contribution < -0.4 is 0 Å². The van der Waals surface area contributed by atoms with E-state index in [9.17, 15) is 15.0 Å². The number of hydrogen-bond donors (Lipinski definition) is 3. The molecule has 22 heavy (non-hydrogen) atoms. The minimum absolute atomic E-state index is 0.00963. The van der Waals surface area contributed by atoms with Crippen molar-refractivity contribution in [3.05, 3.63) is 58.1 Å². The lowest BCUT2D eigenvalue weighted by Gasteiger charge is -2.05. The third kappa shape index (κ3) is 3.98. The van der Waals surface area contributed by atoms with Crippen LogP contribution in [0.4, 0.5) is 0 Å². The maximum absolute atomic E-state index is 11.2. The summed E-state index contributed by atoms with van der Waals surface area (Å²) in [5.74, 6) is -1.16. The molecule has 0 bridgehead atoms. The molecule has 0 aliphatic heterocycles. The van der Waals surface area contributed by atoms with Gasteiger partial charge in [0.2, 0.25) is 0 Å². The fourth-order valence-corrected chi connectivity index (χ4v) is 1.90. The summed E-state index contributed by atoms with van der Waals surface area (Å²) in [6.45, 7) is 0.00963. The quantitative estimate of drug-likeness (QED) is 0.558. The minimum Gasteiger partial charge on any atom is -0.508 e. The van der Waals surface area contributed by atoms with Crippen molar-refractivity contribution < 1.29 is 25.0 Å². The second kappa shape index (κ2) is 6.95. The van der Waals surface area contributed by atoms with Gasteiger partial charge in [-0.25, -0.2) is 4.79 Å². The first-order valence-corrected chi connectivity index (χ1v) is 6.96. The molecule has 2 aromatic carbocycles. The lowest BCUT2D eigenvalue weighted by atomic mass is 10.1. The molecular weight excluding hydrogens is 354 g/mol. The Hall–Kier alpha value is -2.54. The van der Waals surface area contributed by atoms with Gasteiger partial charge in [0.15, 0.2) is 5.71 Å². The van der Waals surface area contributed by atoms with Crippen LogP contribution in [0.2, 0.25) is 0 Å². The average molecular weight is 366 g/mol. The summed E-state index contributed by atoms with van der Waals surface area (Å²) in [5.41, 5.74) is 0.671. The van der Waals surface area contributed by atoms with E-state index in [1.807, 2.05) is 0 Å². The van der Waals surface area contributed by atoms with Crippen molar-refractivity contribution in [3.63, 3.8) is 0 Å². The van der Waals surface area contributed by atoms with Crippen molar-refractivity contribution >= 4 is 27.6 Å². The molecule has 0 atom stereocenters. The molecule has 7 heteroatoms. The summed E-state index contributed by atoms with van der Waals surface area (Å²) in [6, 6.07) is 10.4. The number of aliphatic carboxylic acids is 1. The number of oxime groups is 1. The number of carboxylic acid groups (broad SMARTS) is 1. The molecule has 0 aromatic heterocycles.